The van der Waals surface area contributed by atoms with Crippen molar-refractivity contribution in [3.05, 3.63) is 42.5 Å². The molecule has 16 heavy (non-hydrogen) atoms. The highest BCUT2D eigenvalue weighted by molar-refractivity contribution is 7.80. The van der Waals surface area contributed by atoms with Crippen molar-refractivity contribution < 1.29 is 0 Å². The topological polar surface area (TPSA) is 43.6 Å². The van der Waals surface area contributed by atoms with Gasteiger partial charge < -0.3 is 0 Å². The number of fused-ring (bicyclic) bond motifs is 1. The third-order valence-corrected chi connectivity index (χ3v) is 2.69. The lowest BCUT2D eigenvalue weighted by atomic mass is 10.1. The smallest absolute Gasteiger partial charge is 0.183 e. The third kappa shape index (κ3) is 1.33. The maximum absolute atomic E-state index is 5.06. The van der Waals surface area contributed by atoms with Crippen LogP contribution in [0.1, 0.15) is 0 Å². The molecule has 0 spiro atoms. The number of tetrazole rings is 1. The maximum atomic E-state index is 5.06. The van der Waals surface area contributed by atoms with Crippen molar-refractivity contribution in [1.82, 2.24) is 20.2 Å². The summed E-state index contributed by atoms with van der Waals surface area (Å²) in [6.07, 6.45) is 0. The molecule has 0 saturated heterocycles. The molecule has 3 aromatic rings. The highest BCUT2D eigenvalue weighted by atomic mass is 32.1. The zero-order chi connectivity index (χ0) is 11.0. The lowest BCUT2D eigenvalue weighted by Gasteiger charge is -2.05. The zero-order valence-electron chi connectivity index (χ0n) is 8.24. The summed E-state index contributed by atoms with van der Waals surface area (Å²) in [5.74, 6) is 0. The number of nitrogens with zero attached hydrogens (tertiary/aromatic N) is 4. The molecule has 1 heterocycles. The Morgan fingerprint density at radius 1 is 1.00 bits per heavy atom. The Bertz CT molecular complexity index is 642. The van der Waals surface area contributed by atoms with Gasteiger partial charge in [-0.1, -0.05) is 41.5 Å². The minimum atomic E-state index is 0.372. The predicted molar refractivity (Wildman–Crippen MR) is 62.5 cm³/mol. The molecule has 0 saturated carbocycles. The molecule has 2 aromatic carbocycles. The van der Waals surface area contributed by atoms with Crippen molar-refractivity contribution >= 4 is 23.4 Å². The summed E-state index contributed by atoms with van der Waals surface area (Å²) in [4.78, 5) is 0. The molecular formula is C11H7N4S. The van der Waals surface area contributed by atoms with Gasteiger partial charge in [-0.05, 0) is 34.5 Å². The molecule has 0 N–H and O–H groups in total. The van der Waals surface area contributed by atoms with Crippen molar-refractivity contribution in [3.63, 3.8) is 0 Å². The summed E-state index contributed by atoms with van der Waals surface area (Å²) < 4.78 is 1.57. The van der Waals surface area contributed by atoms with Crippen LogP contribution in [-0.2, 0) is 0 Å². The predicted octanol–water partition coefficient (Wildman–Crippen LogP) is 2.37. The summed E-state index contributed by atoms with van der Waals surface area (Å²) in [7, 11) is 0. The second kappa shape index (κ2) is 3.53. The summed E-state index contributed by atoms with van der Waals surface area (Å²) >= 11 is 5.06. The monoisotopic (exact) mass is 227 g/mol. The van der Waals surface area contributed by atoms with Gasteiger partial charge in [0.1, 0.15) is 0 Å². The van der Waals surface area contributed by atoms with Gasteiger partial charge in [-0.25, -0.2) is 0 Å². The quantitative estimate of drug-likeness (QED) is 0.641. The summed E-state index contributed by atoms with van der Waals surface area (Å²) in [5.41, 5.74) is 0.910. The van der Waals surface area contributed by atoms with Crippen LogP contribution in [0.25, 0.3) is 16.5 Å². The van der Waals surface area contributed by atoms with Crippen LogP contribution in [0.4, 0.5) is 0 Å². The average molecular weight is 227 g/mol. The zero-order valence-corrected chi connectivity index (χ0v) is 9.06. The van der Waals surface area contributed by atoms with Crippen LogP contribution in [0.2, 0.25) is 0 Å². The van der Waals surface area contributed by atoms with Crippen molar-refractivity contribution in [2.75, 3.05) is 0 Å². The molecule has 0 aliphatic heterocycles. The van der Waals surface area contributed by atoms with Gasteiger partial charge in [0.2, 0.25) is 5.16 Å². The Balaban J connectivity index is 2.36. The van der Waals surface area contributed by atoms with Crippen LogP contribution in [0.5, 0.6) is 0 Å². The third-order valence-electron chi connectivity index (χ3n) is 2.44. The van der Waals surface area contributed by atoms with E-state index in [4.69, 9.17) is 12.6 Å². The van der Waals surface area contributed by atoms with Gasteiger partial charge in [0, 0.05) is 5.39 Å². The fourth-order valence-electron chi connectivity index (χ4n) is 1.72. The van der Waals surface area contributed by atoms with Crippen LogP contribution in [0.3, 0.4) is 0 Å². The minimum Gasteiger partial charge on any atom is -0.183 e. The first-order chi connectivity index (χ1) is 7.86. The van der Waals surface area contributed by atoms with Crippen LogP contribution in [-0.4, -0.2) is 20.2 Å². The lowest BCUT2D eigenvalue weighted by Crippen LogP contribution is -1.98. The second-order valence-corrected chi connectivity index (χ2v) is 3.74. The Kier molecular flexibility index (Phi) is 2.04. The molecule has 1 radical (unpaired) electrons. The highest BCUT2D eigenvalue weighted by Gasteiger charge is 2.07. The van der Waals surface area contributed by atoms with Gasteiger partial charge in [0.05, 0.1) is 5.69 Å². The largest absolute Gasteiger partial charge is 0.244 e. The average Bonchev–Trinajstić information content (AvgIpc) is 2.75. The molecule has 0 bridgehead atoms. The Hall–Kier alpha value is -2.01. The Morgan fingerprint density at radius 2 is 1.81 bits per heavy atom. The van der Waals surface area contributed by atoms with E-state index in [2.05, 4.69) is 15.5 Å². The summed E-state index contributed by atoms with van der Waals surface area (Å²) in [6.45, 7) is 0. The van der Waals surface area contributed by atoms with E-state index in [1.54, 1.807) is 4.68 Å². The Morgan fingerprint density at radius 3 is 2.62 bits per heavy atom. The van der Waals surface area contributed by atoms with E-state index < -0.39 is 0 Å². The van der Waals surface area contributed by atoms with Crippen molar-refractivity contribution in [1.29, 1.82) is 0 Å². The second-order valence-electron chi connectivity index (χ2n) is 3.37. The fraction of sp³-hybridized carbons (Fsp3) is 0. The molecule has 0 amide bonds. The number of hydrogen-bond acceptors (Lipinski definition) is 3. The number of hydrogen-bond donors (Lipinski definition) is 0. The van der Waals surface area contributed by atoms with E-state index in [0.717, 1.165) is 16.5 Å². The van der Waals surface area contributed by atoms with Crippen LogP contribution in [0.15, 0.2) is 47.6 Å². The molecule has 5 heteroatoms. The molecule has 0 aliphatic carbocycles. The van der Waals surface area contributed by atoms with Gasteiger partial charge in [-0.15, -0.1) is 0 Å². The van der Waals surface area contributed by atoms with Gasteiger partial charge in [0.15, 0.2) is 0 Å². The molecule has 3 rings (SSSR count). The highest BCUT2D eigenvalue weighted by Crippen LogP contribution is 2.22. The molecule has 4 nitrogen and oxygen atoms in total. The van der Waals surface area contributed by atoms with Crippen molar-refractivity contribution in [2.45, 2.75) is 5.16 Å². The van der Waals surface area contributed by atoms with E-state index in [-0.39, 0.29) is 0 Å². The normalized spacial score (nSPS) is 10.8. The van der Waals surface area contributed by atoms with Gasteiger partial charge in [0.25, 0.3) is 0 Å². The van der Waals surface area contributed by atoms with Crippen molar-refractivity contribution in [3.8, 4) is 5.69 Å². The van der Waals surface area contributed by atoms with Gasteiger partial charge in [-0.3, -0.25) is 0 Å². The first-order valence-corrected chi connectivity index (χ1v) is 5.20. The molecule has 0 fully saturated rings. The van der Waals surface area contributed by atoms with E-state index in [9.17, 15) is 0 Å². The summed E-state index contributed by atoms with van der Waals surface area (Å²) in [6, 6.07) is 14.0. The van der Waals surface area contributed by atoms with E-state index in [1.807, 2.05) is 42.5 Å². The van der Waals surface area contributed by atoms with Crippen LogP contribution < -0.4 is 0 Å². The lowest BCUT2D eigenvalue weighted by molar-refractivity contribution is 0.763. The van der Waals surface area contributed by atoms with E-state index in [1.165, 1.54) is 0 Å². The van der Waals surface area contributed by atoms with Crippen LogP contribution in [0, 0.1) is 0 Å². The molecule has 0 unspecified atom stereocenters. The van der Waals surface area contributed by atoms with Crippen molar-refractivity contribution in [2.24, 2.45) is 0 Å². The maximum Gasteiger partial charge on any atom is 0.244 e. The van der Waals surface area contributed by atoms with Crippen LogP contribution >= 0.6 is 12.6 Å². The number of benzene rings is 2. The molecule has 0 atom stereocenters. The SMILES string of the molecule is [S]c1nnnn1-c1cccc2ccccc12. The van der Waals surface area contributed by atoms with Gasteiger partial charge >= 0.3 is 0 Å². The molecule has 77 valence electrons. The Labute approximate surface area is 97.3 Å². The van der Waals surface area contributed by atoms with E-state index >= 15 is 0 Å². The number of rotatable bonds is 1. The van der Waals surface area contributed by atoms with E-state index in [0.29, 0.717) is 5.16 Å². The first-order valence-electron chi connectivity index (χ1n) is 4.80. The molecular weight excluding hydrogens is 220 g/mol. The standard InChI is InChI=1S/C11H7N4S/c16-11-12-13-14-15(11)10-7-3-5-8-4-1-2-6-9(8)10/h1-7H. The summed E-state index contributed by atoms with van der Waals surface area (Å²) in [5, 5.41) is 13.8. The first kappa shape index (κ1) is 9.23. The minimum absolute atomic E-state index is 0.372. The molecule has 1 aromatic heterocycles. The molecule has 0 aliphatic rings. The fourth-order valence-corrected chi connectivity index (χ4v) is 1.89. The number of aromatic nitrogens is 4. The van der Waals surface area contributed by atoms with Gasteiger partial charge in [-0.2, -0.15) is 4.68 Å².